The standard InChI is InChI=1S/C18H18N4O4/c19-14-9-12(6-7-20-14)8-13-15(17(24)25)22(16(13)23)18(26)21-10-11-4-2-1-3-5-11/h1-7,9,13,15H,8,10H2,(H2,19,20)(H,21,26)(H,24,25)/t13?,15-/m0/s1. The number of benzene rings is 1. The molecule has 1 aromatic carbocycles. The van der Waals surface area contributed by atoms with Crippen molar-refractivity contribution in [1.82, 2.24) is 15.2 Å². The summed E-state index contributed by atoms with van der Waals surface area (Å²) < 4.78 is 0. The monoisotopic (exact) mass is 354 g/mol. The van der Waals surface area contributed by atoms with Crippen LogP contribution in [0.1, 0.15) is 11.1 Å². The van der Waals surface area contributed by atoms with Gasteiger partial charge in [0.05, 0.1) is 5.92 Å². The summed E-state index contributed by atoms with van der Waals surface area (Å²) in [6.07, 6.45) is 1.68. The Hall–Kier alpha value is -3.42. The maximum atomic E-state index is 12.4. The number of β-lactam (4-membered cyclic amide) rings is 1. The smallest absolute Gasteiger partial charge is 0.327 e. The second-order valence-electron chi connectivity index (χ2n) is 6.04. The van der Waals surface area contributed by atoms with Gasteiger partial charge in [-0.2, -0.15) is 0 Å². The number of pyridine rings is 1. The number of imide groups is 1. The van der Waals surface area contributed by atoms with E-state index >= 15 is 0 Å². The van der Waals surface area contributed by atoms with Crippen LogP contribution >= 0.6 is 0 Å². The van der Waals surface area contributed by atoms with Gasteiger partial charge in [0.15, 0.2) is 6.04 Å². The Morgan fingerprint density at radius 2 is 1.92 bits per heavy atom. The third kappa shape index (κ3) is 3.49. The normalized spacial score (nSPS) is 18.9. The number of aliphatic carboxylic acids is 1. The molecule has 2 heterocycles. The molecule has 1 aromatic heterocycles. The van der Waals surface area contributed by atoms with Gasteiger partial charge in [0.25, 0.3) is 0 Å². The number of nitrogen functional groups attached to an aromatic ring is 1. The molecule has 1 saturated heterocycles. The van der Waals surface area contributed by atoms with Crippen LogP contribution in [0, 0.1) is 5.92 Å². The molecular weight excluding hydrogens is 336 g/mol. The minimum Gasteiger partial charge on any atom is -0.480 e. The summed E-state index contributed by atoms with van der Waals surface area (Å²) in [6.45, 7) is 0.210. The number of hydrogen-bond donors (Lipinski definition) is 3. The molecule has 1 unspecified atom stereocenters. The van der Waals surface area contributed by atoms with E-state index in [4.69, 9.17) is 5.73 Å². The summed E-state index contributed by atoms with van der Waals surface area (Å²) in [5.41, 5.74) is 7.16. The molecule has 1 aliphatic rings. The lowest BCUT2D eigenvalue weighted by molar-refractivity contribution is -0.165. The Labute approximate surface area is 149 Å². The molecular formula is C18H18N4O4. The van der Waals surface area contributed by atoms with Crippen molar-refractivity contribution in [3.63, 3.8) is 0 Å². The number of carbonyl (C=O) groups is 3. The van der Waals surface area contributed by atoms with Crippen molar-refractivity contribution in [2.24, 2.45) is 5.92 Å². The van der Waals surface area contributed by atoms with E-state index in [-0.39, 0.29) is 13.0 Å². The number of hydrogen-bond acceptors (Lipinski definition) is 5. The van der Waals surface area contributed by atoms with Crippen LogP contribution in [0.15, 0.2) is 48.7 Å². The van der Waals surface area contributed by atoms with Crippen LogP contribution in [-0.2, 0) is 22.6 Å². The molecule has 2 aromatic rings. The minimum absolute atomic E-state index is 0.186. The predicted octanol–water partition coefficient (Wildman–Crippen LogP) is 1.03. The van der Waals surface area contributed by atoms with Crippen LogP contribution in [0.25, 0.3) is 0 Å². The molecule has 1 aliphatic heterocycles. The zero-order chi connectivity index (χ0) is 18.7. The van der Waals surface area contributed by atoms with Crippen LogP contribution < -0.4 is 11.1 Å². The van der Waals surface area contributed by atoms with E-state index in [1.54, 1.807) is 12.1 Å². The molecule has 3 rings (SSSR count). The summed E-state index contributed by atoms with van der Waals surface area (Å²) in [5, 5.41) is 12.0. The average molecular weight is 354 g/mol. The zero-order valence-corrected chi connectivity index (χ0v) is 13.8. The number of nitrogens with two attached hydrogens (primary N) is 1. The summed E-state index contributed by atoms with van der Waals surface area (Å²) in [4.78, 5) is 40.8. The van der Waals surface area contributed by atoms with Crippen molar-refractivity contribution in [2.45, 2.75) is 19.0 Å². The van der Waals surface area contributed by atoms with Crippen molar-refractivity contribution < 1.29 is 19.5 Å². The fourth-order valence-corrected chi connectivity index (χ4v) is 2.99. The molecule has 26 heavy (non-hydrogen) atoms. The number of rotatable bonds is 5. The first-order valence-electron chi connectivity index (χ1n) is 8.05. The zero-order valence-electron chi connectivity index (χ0n) is 13.8. The van der Waals surface area contributed by atoms with Crippen LogP contribution in [0.4, 0.5) is 10.6 Å². The Bertz CT molecular complexity index is 840. The van der Waals surface area contributed by atoms with Crippen molar-refractivity contribution in [2.75, 3.05) is 5.73 Å². The summed E-state index contributed by atoms with van der Waals surface area (Å²) in [6, 6.07) is 10.5. The van der Waals surface area contributed by atoms with E-state index in [2.05, 4.69) is 10.3 Å². The second kappa shape index (κ2) is 7.22. The van der Waals surface area contributed by atoms with Gasteiger partial charge in [-0.15, -0.1) is 0 Å². The van der Waals surface area contributed by atoms with E-state index in [0.29, 0.717) is 11.4 Å². The predicted molar refractivity (Wildman–Crippen MR) is 92.8 cm³/mol. The quantitative estimate of drug-likeness (QED) is 0.689. The molecule has 2 atom stereocenters. The first-order chi connectivity index (χ1) is 12.5. The highest BCUT2D eigenvalue weighted by Crippen LogP contribution is 2.30. The molecule has 0 saturated carbocycles. The molecule has 134 valence electrons. The van der Waals surface area contributed by atoms with Gasteiger partial charge in [-0.1, -0.05) is 30.3 Å². The summed E-state index contributed by atoms with van der Waals surface area (Å²) in [7, 11) is 0. The third-order valence-corrected chi connectivity index (χ3v) is 4.27. The fourth-order valence-electron chi connectivity index (χ4n) is 2.99. The van der Waals surface area contributed by atoms with Gasteiger partial charge < -0.3 is 16.2 Å². The lowest BCUT2D eigenvalue weighted by atomic mass is 9.82. The maximum Gasteiger partial charge on any atom is 0.327 e. The van der Waals surface area contributed by atoms with E-state index in [1.165, 1.54) is 6.20 Å². The van der Waals surface area contributed by atoms with E-state index in [0.717, 1.165) is 10.5 Å². The Balaban J connectivity index is 1.67. The van der Waals surface area contributed by atoms with Gasteiger partial charge in [0.2, 0.25) is 5.91 Å². The van der Waals surface area contributed by atoms with Gasteiger partial charge in [-0.05, 0) is 29.7 Å². The molecule has 1 fully saturated rings. The molecule has 0 radical (unpaired) electrons. The van der Waals surface area contributed by atoms with Crippen LogP contribution in [0.5, 0.6) is 0 Å². The van der Waals surface area contributed by atoms with Crippen LogP contribution in [-0.4, -0.2) is 38.9 Å². The SMILES string of the molecule is Nc1cc(CC2C(=O)N(C(=O)NCc3ccccc3)[C@@H]2C(=O)O)ccn1. The van der Waals surface area contributed by atoms with Crippen LogP contribution in [0.2, 0.25) is 0 Å². The number of anilines is 1. The van der Waals surface area contributed by atoms with Crippen molar-refractivity contribution in [3.8, 4) is 0 Å². The van der Waals surface area contributed by atoms with Crippen molar-refractivity contribution >= 4 is 23.7 Å². The fraction of sp³-hybridized carbons (Fsp3) is 0.222. The summed E-state index contributed by atoms with van der Waals surface area (Å²) >= 11 is 0. The Morgan fingerprint density at radius 3 is 2.58 bits per heavy atom. The number of amides is 3. The van der Waals surface area contributed by atoms with Gasteiger partial charge in [0.1, 0.15) is 5.82 Å². The molecule has 3 amide bonds. The van der Waals surface area contributed by atoms with Gasteiger partial charge in [-0.25, -0.2) is 19.5 Å². The van der Waals surface area contributed by atoms with Gasteiger partial charge >= 0.3 is 12.0 Å². The largest absolute Gasteiger partial charge is 0.480 e. The topological polar surface area (TPSA) is 126 Å². The highest BCUT2D eigenvalue weighted by atomic mass is 16.4. The molecule has 0 aliphatic carbocycles. The molecule has 4 N–H and O–H groups in total. The Morgan fingerprint density at radius 1 is 1.19 bits per heavy atom. The highest BCUT2D eigenvalue weighted by molar-refractivity contribution is 6.07. The first-order valence-corrected chi connectivity index (χ1v) is 8.05. The van der Waals surface area contributed by atoms with Gasteiger partial charge in [0, 0.05) is 12.7 Å². The lowest BCUT2D eigenvalue weighted by Crippen LogP contribution is -2.68. The van der Waals surface area contributed by atoms with Crippen LogP contribution in [0.3, 0.4) is 0 Å². The maximum absolute atomic E-state index is 12.4. The summed E-state index contributed by atoms with van der Waals surface area (Å²) in [5.74, 6) is -2.25. The van der Waals surface area contributed by atoms with E-state index < -0.39 is 29.9 Å². The Kier molecular flexibility index (Phi) is 4.83. The number of likely N-dealkylation sites (tertiary alicyclic amines) is 1. The molecule has 8 nitrogen and oxygen atoms in total. The number of nitrogens with one attached hydrogen (secondary N) is 1. The molecule has 0 spiro atoms. The number of urea groups is 1. The number of nitrogens with zero attached hydrogens (tertiary/aromatic N) is 2. The number of carbonyl (C=O) groups excluding carboxylic acids is 2. The van der Waals surface area contributed by atoms with Crippen molar-refractivity contribution in [1.29, 1.82) is 0 Å². The van der Waals surface area contributed by atoms with Crippen molar-refractivity contribution in [3.05, 3.63) is 59.8 Å². The number of carboxylic acids is 1. The number of carboxylic acid groups (broad SMARTS) is 1. The average Bonchev–Trinajstić information content (AvgIpc) is 2.62. The third-order valence-electron chi connectivity index (χ3n) is 4.27. The second-order valence-corrected chi connectivity index (χ2v) is 6.04. The highest BCUT2D eigenvalue weighted by Gasteiger charge is 2.54. The molecule has 8 heteroatoms. The number of aromatic nitrogens is 1. The lowest BCUT2D eigenvalue weighted by Gasteiger charge is -2.42. The van der Waals surface area contributed by atoms with E-state index in [9.17, 15) is 19.5 Å². The molecule has 0 bridgehead atoms. The van der Waals surface area contributed by atoms with Gasteiger partial charge in [-0.3, -0.25) is 4.79 Å². The minimum atomic E-state index is -1.22. The van der Waals surface area contributed by atoms with E-state index in [1.807, 2.05) is 30.3 Å². The first kappa shape index (κ1) is 17.4.